The van der Waals surface area contributed by atoms with Crippen LogP contribution < -0.4 is 5.73 Å². The van der Waals surface area contributed by atoms with E-state index < -0.39 is 6.04 Å². The Balaban J connectivity index is 0.00000256. The quantitative estimate of drug-likeness (QED) is 0.852. The van der Waals surface area contributed by atoms with Gasteiger partial charge in [0.15, 0.2) is 0 Å². The van der Waals surface area contributed by atoms with Gasteiger partial charge in [0, 0.05) is 32.5 Å². The Labute approximate surface area is 108 Å². The van der Waals surface area contributed by atoms with E-state index in [1.165, 1.54) is 0 Å². The molecule has 1 heterocycles. The van der Waals surface area contributed by atoms with Crippen LogP contribution in [0.2, 0.25) is 0 Å². The average molecular weight is 261 g/mol. The number of aromatic nitrogens is 2. The van der Waals surface area contributed by atoms with Crippen LogP contribution in [0.3, 0.4) is 0 Å². The first-order chi connectivity index (χ1) is 7.52. The smallest absolute Gasteiger partial charge is 0.238 e. The van der Waals surface area contributed by atoms with Crippen molar-refractivity contribution in [3.63, 3.8) is 0 Å². The normalized spacial score (nSPS) is 11.8. The highest BCUT2D eigenvalue weighted by molar-refractivity contribution is 5.85. The van der Waals surface area contributed by atoms with Gasteiger partial charge in [-0.05, 0) is 20.3 Å². The van der Waals surface area contributed by atoms with E-state index in [4.69, 9.17) is 5.73 Å². The molecule has 0 aliphatic carbocycles. The summed E-state index contributed by atoms with van der Waals surface area (Å²) in [5, 5.41) is 0. The van der Waals surface area contributed by atoms with Crippen LogP contribution in [0.15, 0.2) is 12.4 Å². The lowest BCUT2D eigenvalue weighted by Crippen LogP contribution is -2.40. The molecule has 17 heavy (non-hydrogen) atoms. The minimum atomic E-state index is -0.417. The second-order valence-corrected chi connectivity index (χ2v) is 4.07. The maximum Gasteiger partial charge on any atom is 0.238 e. The van der Waals surface area contributed by atoms with Crippen LogP contribution in [0.25, 0.3) is 0 Å². The van der Waals surface area contributed by atoms with Crippen molar-refractivity contribution in [2.45, 2.75) is 32.9 Å². The highest BCUT2D eigenvalue weighted by Crippen LogP contribution is 1.99. The molecule has 1 atom stereocenters. The number of hydrogen-bond acceptors (Lipinski definition) is 3. The number of carbonyl (C=O) groups excluding carboxylic acids is 1. The van der Waals surface area contributed by atoms with Crippen molar-refractivity contribution < 1.29 is 4.79 Å². The predicted molar refractivity (Wildman–Crippen MR) is 70.1 cm³/mol. The number of carbonyl (C=O) groups is 1. The molecule has 0 aliphatic rings. The van der Waals surface area contributed by atoms with E-state index in [2.05, 4.69) is 9.55 Å². The van der Waals surface area contributed by atoms with Crippen molar-refractivity contribution in [1.82, 2.24) is 14.5 Å². The van der Waals surface area contributed by atoms with Crippen molar-refractivity contribution in [2.75, 3.05) is 13.6 Å². The molecular weight excluding hydrogens is 240 g/mol. The zero-order valence-corrected chi connectivity index (χ0v) is 11.4. The molecule has 6 heteroatoms. The van der Waals surface area contributed by atoms with Gasteiger partial charge in [-0.2, -0.15) is 0 Å². The Bertz CT molecular complexity index is 351. The molecular formula is C11H21ClN4O. The van der Waals surface area contributed by atoms with Gasteiger partial charge in [-0.15, -0.1) is 12.4 Å². The Morgan fingerprint density at radius 3 is 2.76 bits per heavy atom. The number of rotatable bonds is 5. The molecule has 0 bridgehead atoms. The van der Waals surface area contributed by atoms with Crippen LogP contribution in [-0.4, -0.2) is 40.0 Å². The molecule has 0 saturated carbocycles. The van der Waals surface area contributed by atoms with Crippen molar-refractivity contribution in [1.29, 1.82) is 0 Å². The van der Waals surface area contributed by atoms with E-state index in [-0.39, 0.29) is 18.3 Å². The molecule has 0 aliphatic heterocycles. The first kappa shape index (κ1) is 15.9. The Hall–Kier alpha value is -1.07. The van der Waals surface area contributed by atoms with Gasteiger partial charge in [-0.3, -0.25) is 4.79 Å². The van der Waals surface area contributed by atoms with Crippen LogP contribution in [-0.2, 0) is 11.3 Å². The summed E-state index contributed by atoms with van der Waals surface area (Å²) in [4.78, 5) is 17.3. The third-order valence-electron chi connectivity index (χ3n) is 2.58. The second-order valence-electron chi connectivity index (χ2n) is 4.07. The summed E-state index contributed by atoms with van der Waals surface area (Å²) in [5.41, 5.74) is 5.52. The molecule has 0 aromatic carbocycles. The van der Waals surface area contributed by atoms with E-state index in [1.54, 1.807) is 25.1 Å². The lowest BCUT2D eigenvalue weighted by atomic mass is 10.3. The van der Waals surface area contributed by atoms with Crippen molar-refractivity contribution in [2.24, 2.45) is 5.73 Å². The molecule has 0 saturated heterocycles. The lowest BCUT2D eigenvalue weighted by molar-refractivity contribution is -0.130. The van der Waals surface area contributed by atoms with E-state index in [1.807, 2.05) is 13.1 Å². The topological polar surface area (TPSA) is 64.2 Å². The Morgan fingerprint density at radius 1 is 1.65 bits per heavy atom. The fraction of sp³-hybridized carbons (Fsp3) is 0.636. The molecule has 1 unspecified atom stereocenters. The summed E-state index contributed by atoms with van der Waals surface area (Å²) in [6.45, 7) is 5.27. The first-order valence-corrected chi connectivity index (χ1v) is 5.50. The molecule has 98 valence electrons. The number of nitrogens with zero attached hydrogens (tertiary/aromatic N) is 3. The van der Waals surface area contributed by atoms with Crippen LogP contribution in [0.5, 0.6) is 0 Å². The highest BCUT2D eigenvalue weighted by atomic mass is 35.5. The van der Waals surface area contributed by atoms with Gasteiger partial charge in [0.2, 0.25) is 5.91 Å². The van der Waals surface area contributed by atoms with Gasteiger partial charge in [-0.1, -0.05) is 0 Å². The fourth-order valence-electron chi connectivity index (χ4n) is 1.58. The second kappa shape index (κ2) is 7.29. The molecule has 1 aromatic heterocycles. The molecule has 0 radical (unpaired) electrons. The van der Waals surface area contributed by atoms with E-state index in [0.29, 0.717) is 0 Å². The van der Waals surface area contributed by atoms with Crippen LogP contribution in [0, 0.1) is 6.92 Å². The largest absolute Gasteiger partial charge is 0.344 e. The summed E-state index contributed by atoms with van der Waals surface area (Å²) in [6, 6.07) is -0.417. The van der Waals surface area contributed by atoms with Crippen molar-refractivity contribution in [3.05, 3.63) is 18.2 Å². The van der Waals surface area contributed by atoms with Gasteiger partial charge in [-0.25, -0.2) is 4.98 Å². The highest BCUT2D eigenvalue weighted by Gasteiger charge is 2.12. The predicted octanol–water partition coefficient (Wildman–Crippen LogP) is 0.809. The average Bonchev–Trinajstić information content (AvgIpc) is 2.63. The lowest BCUT2D eigenvalue weighted by Gasteiger charge is -2.19. The molecule has 0 spiro atoms. The third-order valence-corrected chi connectivity index (χ3v) is 2.58. The maximum atomic E-state index is 11.5. The molecule has 1 aromatic rings. The van der Waals surface area contributed by atoms with E-state index >= 15 is 0 Å². The van der Waals surface area contributed by atoms with Gasteiger partial charge in [0.1, 0.15) is 5.82 Å². The summed E-state index contributed by atoms with van der Waals surface area (Å²) >= 11 is 0. The molecule has 1 amide bonds. The number of amides is 1. The standard InChI is InChI=1S/C11H20N4O.ClH/c1-9(12)11(16)14(3)6-4-7-15-8-5-13-10(15)2;/h5,8-9H,4,6-7,12H2,1-3H3;1H. The van der Waals surface area contributed by atoms with Gasteiger partial charge >= 0.3 is 0 Å². The fourth-order valence-corrected chi connectivity index (χ4v) is 1.58. The van der Waals surface area contributed by atoms with Gasteiger partial charge in [0.05, 0.1) is 6.04 Å². The summed E-state index contributed by atoms with van der Waals surface area (Å²) in [5.74, 6) is 0.989. The van der Waals surface area contributed by atoms with E-state index in [0.717, 1.165) is 25.3 Å². The number of aryl methyl sites for hydroxylation is 2. The number of halogens is 1. The summed E-state index contributed by atoms with van der Waals surface area (Å²) < 4.78 is 2.07. The molecule has 1 rings (SSSR count). The molecule has 0 fully saturated rings. The molecule has 2 N–H and O–H groups in total. The summed E-state index contributed by atoms with van der Waals surface area (Å²) in [7, 11) is 1.78. The minimum Gasteiger partial charge on any atom is -0.344 e. The van der Waals surface area contributed by atoms with Gasteiger partial charge in [0.25, 0.3) is 0 Å². The van der Waals surface area contributed by atoms with Crippen molar-refractivity contribution >= 4 is 18.3 Å². The van der Waals surface area contributed by atoms with Gasteiger partial charge < -0.3 is 15.2 Å². The number of likely N-dealkylation sites (N-methyl/N-ethyl adjacent to an activating group) is 1. The monoisotopic (exact) mass is 260 g/mol. The van der Waals surface area contributed by atoms with Crippen LogP contribution >= 0.6 is 12.4 Å². The Kier molecular flexibility index (Phi) is 6.83. The van der Waals surface area contributed by atoms with Crippen molar-refractivity contribution in [3.8, 4) is 0 Å². The zero-order valence-electron chi connectivity index (χ0n) is 10.6. The molecule has 5 nitrogen and oxygen atoms in total. The first-order valence-electron chi connectivity index (χ1n) is 5.50. The van der Waals surface area contributed by atoms with E-state index in [9.17, 15) is 4.79 Å². The summed E-state index contributed by atoms with van der Waals surface area (Å²) in [6.07, 6.45) is 4.64. The maximum absolute atomic E-state index is 11.5. The Morgan fingerprint density at radius 2 is 2.29 bits per heavy atom. The van der Waals surface area contributed by atoms with Crippen LogP contribution in [0.1, 0.15) is 19.2 Å². The number of nitrogens with two attached hydrogens (primary N) is 1. The zero-order chi connectivity index (χ0) is 12.1. The third kappa shape index (κ3) is 4.75. The number of hydrogen-bond donors (Lipinski definition) is 1. The number of imidazole rings is 1. The van der Waals surface area contributed by atoms with Crippen LogP contribution in [0.4, 0.5) is 0 Å². The SMILES string of the molecule is Cc1nccn1CCCN(C)C(=O)C(C)N.Cl. The minimum absolute atomic E-state index is 0.